The standard InChI is InChI=1S/C19H17Cl2N5O2/c1-10(27)25-12-2-3-14-16(11-7-23-24-8-11)17-15(28-5-4-22)6-13(20)18(21)19(17)26(14)9-12/h6-8,12H,2-3,5,9H2,1H3,(H,23,24)(H,25,27). The fourth-order valence-electron chi connectivity index (χ4n) is 3.91. The second kappa shape index (κ2) is 7.38. The fourth-order valence-corrected chi connectivity index (χ4v) is 4.35. The first kappa shape index (κ1) is 18.7. The molecular weight excluding hydrogens is 401 g/mol. The molecule has 0 saturated carbocycles. The summed E-state index contributed by atoms with van der Waals surface area (Å²) in [5.74, 6) is 0.433. The van der Waals surface area contributed by atoms with Gasteiger partial charge in [0, 0.05) is 48.6 Å². The van der Waals surface area contributed by atoms with Crippen molar-refractivity contribution in [2.24, 2.45) is 0 Å². The molecule has 2 aromatic heterocycles. The van der Waals surface area contributed by atoms with Crippen molar-refractivity contribution in [3.05, 3.63) is 34.2 Å². The van der Waals surface area contributed by atoms with E-state index in [1.54, 1.807) is 12.3 Å². The van der Waals surface area contributed by atoms with E-state index in [9.17, 15) is 4.79 Å². The van der Waals surface area contributed by atoms with Gasteiger partial charge in [0.1, 0.15) is 11.8 Å². The van der Waals surface area contributed by atoms with Crippen molar-refractivity contribution in [1.82, 2.24) is 20.1 Å². The van der Waals surface area contributed by atoms with Crippen molar-refractivity contribution >= 4 is 40.0 Å². The maximum atomic E-state index is 11.5. The Morgan fingerprint density at radius 2 is 2.36 bits per heavy atom. The zero-order chi connectivity index (χ0) is 19.8. The van der Waals surface area contributed by atoms with E-state index in [1.165, 1.54) is 6.92 Å². The van der Waals surface area contributed by atoms with Crippen molar-refractivity contribution in [3.8, 4) is 22.9 Å². The van der Waals surface area contributed by atoms with Gasteiger partial charge in [-0.25, -0.2) is 0 Å². The molecule has 1 atom stereocenters. The van der Waals surface area contributed by atoms with E-state index in [4.69, 9.17) is 33.2 Å². The Labute approximate surface area is 171 Å². The Balaban J connectivity index is 2.00. The maximum absolute atomic E-state index is 11.5. The highest BCUT2D eigenvalue weighted by molar-refractivity contribution is 6.45. The van der Waals surface area contributed by atoms with Crippen LogP contribution in [-0.4, -0.2) is 33.3 Å². The normalized spacial score (nSPS) is 15.9. The van der Waals surface area contributed by atoms with Crippen LogP contribution in [0.1, 0.15) is 19.0 Å². The summed E-state index contributed by atoms with van der Waals surface area (Å²) in [5, 5.41) is 20.4. The Bertz CT molecular complexity index is 1100. The highest BCUT2D eigenvalue weighted by Crippen LogP contribution is 2.47. The molecule has 3 heterocycles. The largest absolute Gasteiger partial charge is 0.478 e. The van der Waals surface area contributed by atoms with E-state index in [0.717, 1.165) is 40.6 Å². The zero-order valence-electron chi connectivity index (χ0n) is 15.1. The van der Waals surface area contributed by atoms with E-state index in [0.29, 0.717) is 22.3 Å². The van der Waals surface area contributed by atoms with E-state index in [1.807, 2.05) is 12.3 Å². The van der Waals surface area contributed by atoms with Gasteiger partial charge in [-0.3, -0.25) is 9.89 Å². The predicted octanol–water partition coefficient (Wildman–Crippen LogP) is 3.69. The summed E-state index contributed by atoms with van der Waals surface area (Å²) in [6.07, 6.45) is 5.10. The van der Waals surface area contributed by atoms with Gasteiger partial charge < -0.3 is 14.6 Å². The minimum Gasteiger partial charge on any atom is -0.478 e. The number of amides is 1. The molecular formula is C19H17Cl2N5O2. The molecule has 4 rings (SSSR count). The lowest BCUT2D eigenvalue weighted by Gasteiger charge is -2.26. The molecule has 9 heteroatoms. The predicted molar refractivity (Wildman–Crippen MR) is 107 cm³/mol. The first-order valence-corrected chi connectivity index (χ1v) is 9.56. The minimum absolute atomic E-state index is 0.00340. The van der Waals surface area contributed by atoms with Crippen molar-refractivity contribution in [3.63, 3.8) is 0 Å². The van der Waals surface area contributed by atoms with E-state index in [2.05, 4.69) is 20.1 Å². The van der Waals surface area contributed by atoms with Crippen LogP contribution in [-0.2, 0) is 17.8 Å². The van der Waals surface area contributed by atoms with E-state index < -0.39 is 0 Å². The summed E-state index contributed by atoms with van der Waals surface area (Å²) >= 11 is 13.0. The molecule has 0 saturated heterocycles. The molecule has 1 aromatic carbocycles. The number of aromatic amines is 1. The number of rotatable bonds is 4. The Kier molecular flexibility index (Phi) is 4.92. The molecule has 2 N–H and O–H groups in total. The van der Waals surface area contributed by atoms with Crippen molar-refractivity contribution in [2.45, 2.75) is 32.4 Å². The maximum Gasteiger partial charge on any atom is 0.217 e. The van der Waals surface area contributed by atoms with Crippen LogP contribution in [0.25, 0.3) is 22.0 Å². The second-order valence-corrected chi connectivity index (χ2v) is 7.48. The minimum atomic E-state index is -0.104. The molecule has 0 spiro atoms. The molecule has 1 aliphatic heterocycles. The average Bonchev–Trinajstić information content (AvgIpc) is 3.28. The van der Waals surface area contributed by atoms with Gasteiger partial charge in [-0.1, -0.05) is 23.2 Å². The molecule has 0 aliphatic carbocycles. The number of nitrogens with zero attached hydrogens (tertiary/aromatic N) is 3. The third kappa shape index (κ3) is 3.09. The van der Waals surface area contributed by atoms with Crippen LogP contribution < -0.4 is 10.1 Å². The van der Waals surface area contributed by atoms with Crippen LogP contribution in [0.2, 0.25) is 10.0 Å². The van der Waals surface area contributed by atoms with Crippen LogP contribution >= 0.6 is 23.2 Å². The number of carbonyl (C=O) groups is 1. The summed E-state index contributed by atoms with van der Waals surface area (Å²) in [5.41, 5.74) is 3.67. The SMILES string of the molecule is CC(=O)NC1CCc2c(-c3cn[nH]c3)c3c(OCC#N)cc(Cl)c(Cl)c3n2C1. The molecule has 0 radical (unpaired) electrons. The topological polar surface area (TPSA) is 95.7 Å². The molecule has 0 bridgehead atoms. The summed E-state index contributed by atoms with van der Waals surface area (Å²) in [6, 6.07) is 3.63. The average molecular weight is 418 g/mol. The molecule has 3 aromatic rings. The van der Waals surface area contributed by atoms with Crippen LogP contribution in [0.4, 0.5) is 0 Å². The quantitative estimate of drug-likeness (QED) is 0.676. The highest BCUT2D eigenvalue weighted by atomic mass is 35.5. The van der Waals surface area contributed by atoms with Gasteiger partial charge in [0.15, 0.2) is 6.61 Å². The molecule has 1 amide bonds. The lowest BCUT2D eigenvalue weighted by Crippen LogP contribution is -2.39. The van der Waals surface area contributed by atoms with Gasteiger partial charge in [-0.15, -0.1) is 0 Å². The summed E-state index contributed by atoms with van der Waals surface area (Å²) in [4.78, 5) is 11.5. The lowest BCUT2D eigenvalue weighted by molar-refractivity contribution is -0.119. The monoisotopic (exact) mass is 417 g/mol. The number of aromatic nitrogens is 3. The van der Waals surface area contributed by atoms with Gasteiger partial charge in [-0.05, 0) is 12.8 Å². The second-order valence-electron chi connectivity index (χ2n) is 6.70. The van der Waals surface area contributed by atoms with E-state index in [-0.39, 0.29) is 18.6 Å². The smallest absolute Gasteiger partial charge is 0.217 e. The summed E-state index contributed by atoms with van der Waals surface area (Å²) in [6.45, 7) is 1.98. The Morgan fingerprint density at radius 3 is 3.04 bits per heavy atom. The van der Waals surface area contributed by atoms with Gasteiger partial charge in [0.2, 0.25) is 5.91 Å². The highest BCUT2D eigenvalue weighted by Gasteiger charge is 2.30. The third-order valence-corrected chi connectivity index (χ3v) is 5.69. The van der Waals surface area contributed by atoms with Gasteiger partial charge in [-0.2, -0.15) is 10.4 Å². The summed E-state index contributed by atoms with van der Waals surface area (Å²) < 4.78 is 7.79. The number of carbonyl (C=O) groups excluding carboxylic acids is 1. The molecule has 7 nitrogen and oxygen atoms in total. The molecule has 1 aliphatic rings. The van der Waals surface area contributed by atoms with Crippen molar-refractivity contribution < 1.29 is 9.53 Å². The number of fused-ring (bicyclic) bond motifs is 3. The number of hydrogen-bond acceptors (Lipinski definition) is 4. The van der Waals surface area contributed by atoms with Crippen LogP contribution in [0.3, 0.4) is 0 Å². The Morgan fingerprint density at radius 1 is 1.54 bits per heavy atom. The number of H-pyrrole nitrogens is 1. The fraction of sp³-hybridized carbons (Fsp3) is 0.316. The van der Waals surface area contributed by atoms with Gasteiger partial charge >= 0.3 is 0 Å². The van der Waals surface area contributed by atoms with Crippen LogP contribution in [0.15, 0.2) is 18.5 Å². The van der Waals surface area contributed by atoms with Crippen molar-refractivity contribution in [1.29, 1.82) is 5.26 Å². The van der Waals surface area contributed by atoms with Crippen LogP contribution in [0.5, 0.6) is 5.75 Å². The zero-order valence-corrected chi connectivity index (χ0v) is 16.6. The number of halogens is 2. The number of benzene rings is 1. The lowest BCUT2D eigenvalue weighted by atomic mass is 9.98. The number of nitrogens with one attached hydrogen (secondary N) is 2. The first-order chi connectivity index (χ1) is 13.5. The number of hydrogen-bond donors (Lipinski definition) is 2. The number of ether oxygens (including phenoxy) is 1. The van der Waals surface area contributed by atoms with Crippen LogP contribution in [0, 0.1) is 11.3 Å². The van der Waals surface area contributed by atoms with Crippen molar-refractivity contribution in [2.75, 3.05) is 6.61 Å². The van der Waals surface area contributed by atoms with Gasteiger partial charge in [0.05, 0.1) is 27.1 Å². The Hall–Kier alpha value is -2.69. The van der Waals surface area contributed by atoms with Gasteiger partial charge in [0.25, 0.3) is 0 Å². The molecule has 0 fully saturated rings. The molecule has 1 unspecified atom stereocenters. The molecule has 28 heavy (non-hydrogen) atoms. The summed E-state index contributed by atoms with van der Waals surface area (Å²) in [7, 11) is 0. The van der Waals surface area contributed by atoms with E-state index >= 15 is 0 Å². The first-order valence-electron chi connectivity index (χ1n) is 8.80. The molecule has 144 valence electrons. The third-order valence-electron chi connectivity index (χ3n) is 4.91. The number of nitriles is 1.